The molecule has 0 aromatic heterocycles. The number of amides is 1. The van der Waals surface area contributed by atoms with Crippen molar-refractivity contribution in [1.29, 1.82) is 0 Å². The molecule has 5 nitrogen and oxygen atoms in total. The highest BCUT2D eigenvalue weighted by Gasteiger charge is 2.20. The average Bonchev–Trinajstić information content (AvgIpc) is 2.52. The van der Waals surface area contributed by atoms with Crippen molar-refractivity contribution in [3.05, 3.63) is 75.1 Å². The minimum absolute atomic E-state index is 0.0227. The second-order valence-corrected chi connectivity index (χ2v) is 6.01. The van der Waals surface area contributed by atoms with Crippen molar-refractivity contribution in [2.24, 2.45) is 5.92 Å². The van der Waals surface area contributed by atoms with Crippen LogP contribution in [-0.2, 0) is 0 Å². The number of nitro groups is 1. The highest BCUT2D eigenvalue weighted by molar-refractivity contribution is 5.95. The molecule has 1 amide bonds. The van der Waals surface area contributed by atoms with E-state index in [1.807, 2.05) is 13.8 Å². The van der Waals surface area contributed by atoms with Crippen molar-refractivity contribution >= 4 is 11.6 Å². The summed E-state index contributed by atoms with van der Waals surface area (Å²) in [6.07, 6.45) is 0. The summed E-state index contributed by atoms with van der Waals surface area (Å²) >= 11 is 0. The highest BCUT2D eigenvalue weighted by atomic mass is 19.1. The van der Waals surface area contributed by atoms with Crippen LogP contribution in [0.5, 0.6) is 0 Å². The number of nitro benzene ring substituents is 1. The smallest absolute Gasteiger partial charge is 0.272 e. The summed E-state index contributed by atoms with van der Waals surface area (Å²) in [6.45, 7) is 5.50. The lowest BCUT2D eigenvalue weighted by Crippen LogP contribution is -2.31. The lowest BCUT2D eigenvalue weighted by Gasteiger charge is -2.23. The highest BCUT2D eigenvalue weighted by Crippen LogP contribution is 2.24. The van der Waals surface area contributed by atoms with Gasteiger partial charge in [-0.25, -0.2) is 4.39 Å². The van der Waals surface area contributed by atoms with Gasteiger partial charge in [-0.2, -0.15) is 0 Å². The molecule has 0 unspecified atom stereocenters. The number of hydrogen-bond donors (Lipinski definition) is 1. The van der Waals surface area contributed by atoms with Gasteiger partial charge in [-0.05, 0) is 42.7 Å². The van der Waals surface area contributed by atoms with Gasteiger partial charge in [-0.3, -0.25) is 14.9 Å². The third-order valence-corrected chi connectivity index (χ3v) is 3.84. The van der Waals surface area contributed by atoms with Crippen LogP contribution in [0.3, 0.4) is 0 Å². The predicted molar refractivity (Wildman–Crippen MR) is 89.3 cm³/mol. The van der Waals surface area contributed by atoms with Crippen molar-refractivity contribution in [1.82, 2.24) is 5.32 Å². The maximum absolute atomic E-state index is 13.1. The molecule has 0 aliphatic rings. The van der Waals surface area contributed by atoms with E-state index in [1.54, 1.807) is 19.1 Å². The van der Waals surface area contributed by atoms with Crippen LogP contribution < -0.4 is 5.32 Å². The number of carbonyl (C=O) groups is 1. The molecule has 0 aliphatic carbocycles. The third-order valence-electron chi connectivity index (χ3n) is 3.84. The first-order valence-electron chi connectivity index (χ1n) is 7.61. The van der Waals surface area contributed by atoms with E-state index in [0.29, 0.717) is 11.1 Å². The Morgan fingerprint density at radius 3 is 2.29 bits per heavy atom. The van der Waals surface area contributed by atoms with E-state index in [9.17, 15) is 19.3 Å². The normalized spacial score (nSPS) is 12.0. The predicted octanol–water partition coefficient (Wildman–Crippen LogP) is 4.17. The molecule has 2 aromatic carbocycles. The number of aryl methyl sites for hydroxylation is 1. The average molecular weight is 330 g/mol. The largest absolute Gasteiger partial charge is 0.345 e. The lowest BCUT2D eigenvalue weighted by atomic mass is 9.95. The summed E-state index contributed by atoms with van der Waals surface area (Å²) in [7, 11) is 0. The second-order valence-electron chi connectivity index (χ2n) is 6.01. The van der Waals surface area contributed by atoms with Crippen molar-refractivity contribution in [3.8, 4) is 0 Å². The summed E-state index contributed by atoms with van der Waals surface area (Å²) in [5, 5.41) is 13.8. The van der Waals surface area contributed by atoms with Crippen LogP contribution in [0.25, 0.3) is 0 Å². The summed E-state index contributed by atoms with van der Waals surface area (Å²) in [4.78, 5) is 22.9. The summed E-state index contributed by atoms with van der Waals surface area (Å²) in [5.41, 5.74) is 1.56. The fourth-order valence-electron chi connectivity index (χ4n) is 2.53. The molecule has 1 atom stereocenters. The zero-order valence-electron chi connectivity index (χ0n) is 13.7. The van der Waals surface area contributed by atoms with Crippen LogP contribution in [0.2, 0.25) is 0 Å². The van der Waals surface area contributed by atoms with Gasteiger partial charge in [0.25, 0.3) is 11.6 Å². The van der Waals surface area contributed by atoms with Gasteiger partial charge in [0.05, 0.1) is 11.0 Å². The van der Waals surface area contributed by atoms with E-state index in [1.165, 1.54) is 30.3 Å². The standard InChI is InChI=1S/C18H19FN2O3/c1-11(2)17(13-4-7-15(19)8-5-13)20-18(22)14-6-9-16(21(23)24)12(3)10-14/h4-11,17H,1-3H3,(H,20,22)/t17-/m1/s1. The fraction of sp³-hybridized carbons (Fsp3) is 0.278. The second kappa shape index (κ2) is 7.21. The van der Waals surface area contributed by atoms with E-state index in [4.69, 9.17) is 0 Å². The monoisotopic (exact) mass is 330 g/mol. The molecule has 2 aromatic rings. The number of nitrogens with zero attached hydrogens (tertiary/aromatic N) is 1. The van der Waals surface area contributed by atoms with Gasteiger partial charge in [-0.1, -0.05) is 26.0 Å². The van der Waals surface area contributed by atoms with E-state index in [2.05, 4.69) is 5.32 Å². The fourth-order valence-corrected chi connectivity index (χ4v) is 2.53. The summed E-state index contributed by atoms with van der Waals surface area (Å²) < 4.78 is 13.1. The first-order valence-corrected chi connectivity index (χ1v) is 7.61. The Hall–Kier alpha value is -2.76. The van der Waals surface area contributed by atoms with Gasteiger partial charge >= 0.3 is 0 Å². The molecular weight excluding hydrogens is 311 g/mol. The van der Waals surface area contributed by atoms with E-state index in [-0.39, 0.29) is 29.4 Å². The number of benzene rings is 2. The van der Waals surface area contributed by atoms with Crippen LogP contribution in [0.1, 0.15) is 41.4 Å². The number of carbonyl (C=O) groups excluding carboxylic acids is 1. The molecule has 0 fully saturated rings. The Balaban J connectivity index is 2.23. The van der Waals surface area contributed by atoms with Gasteiger partial charge in [0.2, 0.25) is 0 Å². The first-order chi connectivity index (χ1) is 11.3. The third kappa shape index (κ3) is 3.95. The molecule has 0 saturated heterocycles. The Kier molecular flexibility index (Phi) is 5.28. The van der Waals surface area contributed by atoms with Crippen LogP contribution in [0, 0.1) is 28.8 Å². The zero-order valence-corrected chi connectivity index (χ0v) is 13.7. The molecular formula is C18H19FN2O3. The van der Waals surface area contributed by atoms with Gasteiger partial charge < -0.3 is 5.32 Å². The van der Waals surface area contributed by atoms with Gasteiger partial charge in [-0.15, -0.1) is 0 Å². The lowest BCUT2D eigenvalue weighted by molar-refractivity contribution is -0.385. The molecule has 0 spiro atoms. The quantitative estimate of drug-likeness (QED) is 0.660. The maximum atomic E-state index is 13.1. The van der Waals surface area contributed by atoms with Crippen molar-refractivity contribution < 1.29 is 14.1 Å². The Morgan fingerprint density at radius 2 is 1.79 bits per heavy atom. The minimum Gasteiger partial charge on any atom is -0.345 e. The summed E-state index contributed by atoms with van der Waals surface area (Å²) in [6, 6.07) is 9.96. The Labute approximate surface area is 139 Å². The first kappa shape index (κ1) is 17.6. The number of rotatable bonds is 5. The van der Waals surface area contributed by atoms with E-state index in [0.717, 1.165) is 5.56 Å². The molecule has 0 aliphatic heterocycles. The molecule has 126 valence electrons. The van der Waals surface area contributed by atoms with Crippen LogP contribution in [0.15, 0.2) is 42.5 Å². The number of nitrogens with one attached hydrogen (secondary N) is 1. The molecule has 1 N–H and O–H groups in total. The van der Waals surface area contributed by atoms with Crippen LogP contribution in [-0.4, -0.2) is 10.8 Å². The van der Waals surface area contributed by atoms with Crippen molar-refractivity contribution in [2.75, 3.05) is 0 Å². The molecule has 0 heterocycles. The molecule has 24 heavy (non-hydrogen) atoms. The minimum atomic E-state index is -0.480. The molecule has 0 bridgehead atoms. The van der Waals surface area contributed by atoms with Crippen molar-refractivity contribution in [3.63, 3.8) is 0 Å². The topological polar surface area (TPSA) is 72.2 Å². The van der Waals surface area contributed by atoms with Gasteiger partial charge in [0, 0.05) is 17.2 Å². The number of hydrogen-bond acceptors (Lipinski definition) is 3. The van der Waals surface area contributed by atoms with Crippen LogP contribution >= 0.6 is 0 Å². The Bertz CT molecular complexity index is 757. The molecule has 6 heteroatoms. The van der Waals surface area contributed by atoms with E-state index < -0.39 is 4.92 Å². The molecule has 0 radical (unpaired) electrons. The SMILES string of the molecule is Cc1cc(C(=O)N[C@@H](c2ccc(F)cc2)C(C)C)ccc1[N+](=O)[O-]. The van der Waals surface area contributed by atoms with Crippen molar-refractivity contribution in [2.45, 2.75) is 26.8 Å². The van der Waals surface area contributed by atoms with Crippen LogP contribution in [0.4, 0.5) is 10.1 Å². The zero-order chi connectivity index (χ0) is 17.9. The van der Waals surface area contributed by atoms with E-state index >= 15 is 0 Å². The molecule has 2 rings (SSSR count). The van der Waals surface area contributed by atoms with Gasteiger partial charge in [0.1, 0.15) is 5.82 Å². The maximum Gasteiger partial charge on any atom is 0.272 e. The molecule has 0 saturated carbocycles. The van der Waals surface area contributed by atoms with Gasteiger partial charge in [0.15, 0.2) is 0 Å². The summed E-state index contributed by atoms with van der Waals surface area (Å²) in [5.74, 6) is -0.562. The number of halogens is 1. The Morgan fingerprint density at radius 1 is 1.17 bits per heavy atom.